The number of aromatic nitrogens is 5. The molecule has 0 saturated carbocycles. The van der Waals surface area contributed by atoms with Crippen molar-refractivity contribution in [2.75, 3.05) is 18.0 Å². The number of piperidine rings is 2. The summed E-state index contributed by atoms with van der Waals surface area (Å²) >= 11 is 6.50. The molecule has 2 aliphatic rings. The fourth-order valence-electron chi connectivity index (χ4n) is 6.92. The van der Waals surface area contributed by atoms with Gasteiger partial charge < -0.3 is 25.3 Å². The minimum atomic E-state index is -1.20. The molecule has 0 radical (unpaired) electrons. The van der Waals surface area contributed by atoms with Crippen LogP contribution in [-0.4, -0.2) is 72.5 Å². The molecule has 2 aliphatic heterocycles. The minimum absolute atomic E-state index is 0.226. The molecular formula is C39H42ClN9O5. The number of ether oxygens (including phenoxy) is 1. The Labute approximate surface area is 317 Å². The number of nitrogens with zero attached hydrogens (tertiary/aromatic N) is 5. The highest BCUT2D eigenvalue weighted by Gasteiger charge is 2.38. The third-order valence-electron chi connectivity index (χ3n) is 10.2. The number of pyridine rings is 1. The van der Waals surface area contributed by atoms with Crippen molar-refractivity contribution in [1.29, 1.82) is 0 Å². The fraction of sp³-hybridized carbons (Fsp3) is 0.359. The van der Waals surface area contributed by atoms with E-state index in [4.69, 9.17) is 16.3 Å². The van der Waals surface area contributed by atoms with E-state index < -0.39 is 17.0 Å². The average molecular weight is 752 g/mol. The van der Waals surface area contributed by atoms with Gasteiger partial charge in [-0.05, 0) is 88.9 Å². The highest BCUT2D eigenvalue weighted by Crippen LogP contribution is 2.36. The molecule has 54 heavy (non-hydrogen) atoms. The van der Waals surface area contributed by atoms with Crippen LogP contribution in [0.15, 0.2) is 60.9 Å². The predicted octanol–water partition coefficient (Wildman–Crippen LogP) is 5.32. The van der Waals surface area contributed by atoms with Gasteiger partial charge in [-0.15, -0.1) is 0 Å². The Morgan fingerprint density at radius 3 is 2.41 bits per heavy atom. The molecule has 14 nitrogen and oxygen atoms in total. The van der Waals surface area contributed by atoms with E-state index in [0.29, 0.717) is 59.7 Å². The maximum atomic E-state index is 13.6. The number of carbonyl (C=O) groups excluding carboxylic acids is 4. The van der Waals surface area contributed by atoms with Crippen molar-refractivity contribution >= 4 is 52.1 Å². The maximum absolute atomic E-state index is 13.6. The molecule has 4 N–H and O–H groups in total. The minimum Gasteiger partial charge on any atom is -0.453 e. The second-order valence-electron chi connectivity index (χ2n) is 14.8. The molecule has 2 aromatic carbocycles. The number of anilines is 1. The number of aromatic amines is 1. The van der Waals surface area contributed by atoms with E-state index in [0.717, 1.165) is 35.6 Å². The van der Waals surface area contributed by atoms with Gasteiger partial charge >= 0.3 is 0 Å². The Morgan fingerprint density at radius 2 is 1.76 bits per heavy atom. The van der Waals surface area contributed by atoms with E-state index in [1.807, 2.05) is 51.4 Å². The van der Waals surface area contributed by atoms with Gasteiger partial charge in [0.15, 0.2) is 11.4 Å². The van der Waals surface area contributed by atoms with Crippen LogP contribution in [0, 0.1) is 6.92 Å². The number of H-pyrrole nitrogens is 1. The number of carbonyl (C=O) groups is 4. The van der Waals surface area contributed by atoms with E-state index in [1.165, 1.54) is 6.20 Å². The van der Waals surface area contributed by atoms with Gasteiger partial charge in [0.1, 0.15) is 27.7 Å². The Morgan fingerprint density at radius 1 is 1.06 bits per heavy atom. The van der Waals surface area contributed by atoms with Crippen molar-refractivity contribution in [2.24, 2.45) is 7.05 Å². The maximum Gasteiger partial charge on any atom is 0.252 e. The topological polar surface area (TPSA) is 176 Å². The summed E-state index contributed by atoms with van der Waals surface area (Å²) in [5.41, 5.74) is 3.22. The lowest BCUT2D eigenvalue weighted by molar-refractivity contribution is -0.134. The smallest absolute Gasteiger partial charge is 0.252 e. The second-order valence-corrected chi connectivity index (χ2v) is 15.2. The van der Waals surface area contributed by atoms with Crippen molar-refractivity contribution in [1.82, 2.24) is 40.7 Å². The SMILES string of the molecule is Cc1nn(C)cc1-c1nc2ncc(Cl)c(Oc3ccc(C(=O)NC(C)(C)C(=O)NC4(C)CCN(c5ccc([C@@H]6CCC(=O)NC6=O)cc5)CC4)cc3)c2[nH]1. The van der Waals surface area contributed by atoms with E-state index >= 15 is 0 Å². The third kappa shape index (κ3) is 7.51. The van der Waals surface area contributed by atoms with Gasteiger partial charge in [0.25, 0.3) is 5.91 Å². The number of imidazole rings is 1. The highest BCUT2D eigenvalue weighted by molar-refractivity contribution is 6.32. The number of fused-ring (bicyclic) bond motifs is 1. The molecule has 0 spiro atoms. The number of imide groups is 1. The molecule has 5 heterocycles. The first-order chi connectivity index (χ1) is 25.7. The first-order valence-electron chi connectivity index (χ1n) is 17.8. The number of hydrogen-bond acceptors (Lipinski definition) is 9. The van der Waals surface area contributed by atoms with Gasteiger partial charge in [0, 0.05) is 49.5 Å². The number of nitrogens with one attached hydrogen (secondary N) is 4. The zero-order valence-corrected chi connectivity index (χ0v) is 31.5. The lowest BCUT2D eigenvalue weighted by atomic mass is 9.87. The summed E-state index contributed by atoms with van der Waals surface area (Å²) in [6, 6.07) is 14.5. The summed E-state index contributed by atoms with van der Waals surface area (Å²) in [5.74, 6) is -0.108. The summed E-state index contributed by atoms with van der Waals surface area (Å²) < 4.78 is 7.87. The van der Waals surface area contributed by atoms with Crippen molar-refractivity contribution < 1.29 is 23.9 Å². The van der Waals surface area contributed by atoms with Crippen LogP contribution in [0.2, 0.25) is 5.02 Å². The Kier molecular flexibility index (Phi) is 9.65. The normalized spacial score (nSPS) is 17.3. The largest absolute Gasteiger partial charge is 0.453 e. The molecule has 15 heteroatoms. The van der Waals surface area contributed by atoms with Gasteiger partial charge in [-0.1, -0.05) is 23.7 Å². The zero-order valence-electron chi connectivity index (χ0n) is 30.7. The molecule has 7 rings (SSSR count). The van der Waals surface area contributed by atoms with Crippen LogP contribution < -0.4 is 25.6 Å². The first-order valence-corrected chi connectivity index (χ1v) is 18.2. The quantitative estimate of drug-likeness (QED) is 0.145. The van der Waals surface area contributed by atoms with E-state index in [2.05, 4.69) is 40.9 Å². The number of aryl methyl sites for hydroxylation is 2. The van der Waals surface area contributed by atoms with Gasteiger partial charge in [-0.2, -0.15) is 5.10 Å². The van der Waals surface area contributed by atoms with E-state index in [1.54, 1.807) is 42.8 Å². The Hall–Kier alpha value is -5.76. The number of amides is 4. The molecule has 4 amide bonds. The second kappa shape index (κ2) is 14.2. The number of benzene rings is 2. The molecule has 1 atom stereocenters. The number of halogens is 1. The first kappa shape index (κ1) is 36.6. The predicted molar refractivity (Wildman–Crippen MR) is 203 cm³/mol. The van der Waals surface area contributed by atoms with Gasteiger partial charge in [0.05, 0.1) is 23.4 Å². The van der Waals surface area contributed by atoms with Crippen LogP contribution in [-0.2, 0) is 21.4 Å². The zero-order chi connectivity index (χ0) is 38.4. The van der Waals surface area contributed by atoms with Crippen molar-refractivity contribution in [3.63, 3.8) is 0 Å². The Bertz CT molecular complexity index is 2250. The molecular weight excluding hydrogens is 710 g/mol. The third-order valence-corrected chi connectivity index (χ3v) is 10.5. The summed E-state index contributed by atoms with van der Waals surface area (Å²) in [6.45, 7) is 8.73. The highest BCUT2D eigenvalue weighted by atomic mass is 35.5. The fourth-order valence-corrected chi connectivity index (χ4v) is 7.10. The van der Waals surface area contributed by atoms with Gasteiger partial charge in [-0.3, -0.25) is 29.2 Å². The van der Waals surface area contributed by atoms with Crippen LogP contribution in [0.5, 0.6) is 11.5 Å². The van der Waals surface area contributed by atoms with Crippen LogP contribution in [0.25, 0.3) is 22.6 Å². The van der Waals surface area contributed by atoms with Crippen LogP contribution in [0.4, 0.5) is 5.69 Å². The molecule has 0 aliphatic carbocycles. The van der Waals surface area contributed by atoms with Crippen molar-refractivity contribution in [3.05, 3.63) is 82.8 Å². The van der Waals surface area contributed by atoms with Crippen LogP contribution >= 0.6 is 11.6 Å². The number of hydrogen-bond donors (Lipinski definition) is 4. The molecule has 280 valence electrons. The monoisotopic (exact) mass is 751 g/mol. The number of rotatable bonds is 9. The standard InChI is InChI=1S/C39H42ClN9O5/c1-22-28(21-48(5)47-22)33-43-31-32(29(40)20-41-34(31)44-33)54-26-12-8-24(9-13-26)35(51)45-38(2,3)37(53)46-39(4)16-18-49(19-17-39)25-10-6-23(7-11-25)27-14-15-30(50)42-36(27)52/h6-13,20-21,27H,14-19H2,1-5H3,(H,45,51)(H,46,53)(H,41,43,44)(H,42,50,52)/t27-/m0/s1. The molecule has 0 unspecified atom stereocenters. The molecule has 5 aromatic rings. The van der Waals surface area contributed by atoms with Gasteiger partial charge in [-0.25, -0.2) is 9.97 Å². The van der Waals surface area contributed by atoms with Gasteiger partial charge in [0.2, 0.25) is 17.7 Å². The van der Waals surface area contributed by atoms with Crippen molar-refractivity contribution in [2.45, 2.75) is 70.4 Å². The van der Waals surface area contributed by atoms with Crippen LogP contribution in [0.3, 0.4) is 0 Å². The van der Waals surface area contributed by atoms with Crippen LogP contribution in [0.1, 0.15) is 74.0 Å². The average Bonchev–Trinajstić information content (AvgIpc) is 3.72. The molecule has 0 bridgehead atoms. The summed E-state index contributed by atoms with van der Waals surface area (Å²) in [7, 11) is 1.84. The molecule has 2 fully saturated rings. The lowest BCUT2D eigenvalue weighted by Crippen LogP contribution is -2.61. The molecule has 2 saturated heterocycles. The lowest BCUT2D eigenvalue weighted by Gasteiger charge is -2.42. The summed E-state index contributed by atoms with van der Waals surface area (Å²) in [4.78, 5) is 65.2. The van der Waals surface area contributed by atoms with Crippen molar-refractivity contribution in [3.8, 4) is 22.9 Å². The summed E-state index contributed by atoms with van der Waals surface area (Å²) in [5, 5.41) is 13.2. The summed E-state index contributed by atoms with van der Waals surface area (Å²) in [6.07, 6.45) is 5.60. The van der Waals surface area contributed by atoms with E-state index in [9.17, 15) is 19.2 Å². The Balaban J connectivity index is 0.939. The molecule has 3 aromatic heterocycles. The van der Waals surface area contributed by atoms with E-state index in [-0.39, 0.29) is 28.7 Å².